The van der Waals surface area contributed by atoms with E-state index >= 15 is 8.78 Å². The second-order valence-electron chi connectivity index (χ2n) is 11.0. The molecule has 0 spiro atoms. The minimum Gasteiger partial charge on any atom is -0.437 e. The van der Waals surface area contributed by atoms with Gasteiger partial charge in [-0.3, -0.25) is 4.79 Å². The number of hydrogen-bond donors (Lipinski definition) is 1. The van der Waals surface area contributed by atoms with Crippen LogP contribution in [0.5, 0.6) is 0 Å². The standard InChI is InChI=1S/C28H20F17NO4/c1-13(17(47)15-10-6-3-7-11-15)19(48)46-16(12-14-8-4-2-5-9-14)18(50-20(46)49)21(29,30)22(31,32)23(33,34)24(35,36)25(37,38)26(39,40)27(41,42)28(43,44)45/h2-11,13,16-18,47H,12H2,1H3/t13-,16-,17-,18-/m0/s1. The van der Waals surface area contributed by atoms with Crippen molar-refractivity contribution in [2.45, 2.75) is 79.2 Å². The zero-order valence-corrected chi connectivity index (χ0v) is 24.3. The molecule has 1 heterocycles. The summed E-state index contributed by atoms with van der Waals surface area (Å²) < 4.78 is 241. The van der Waals surface area contributed by atoms with Gasteiger partial charge in [0.1, 0.15) is 0 Å². The number of benzene rings is 2. The molecular formula is C28H20F17NO4. The zero-order chi connectivity index (χ0) is 38.7. The minimum absolute atomic E-state index is 0.0651. The van der Waals surface area contributed by atoms with E-state index in [1.165, 1.54) is 36.4 Å². The van der Waals surface area contributed by atoms with E-state index in [-0.39, 0.29) is 11.1 Å². The van der Waals surface area contributed by atoms with Gasteiger partial charge in [0.25, 0.3) is 0 Å². The predicted molar refractivity (Wildman–Crippen MR) is 132 cm³/mol. The number of amides is 2. The quantitative estimate of drug-likeness (QED) is 0.221. The first-order valence-electron chi connectivity index (χ1n) is 13.5. The second kappa shape index (κ2) is 12.7. The van der Waals surface area contributed by atoms with Crippen molar-refractivity contribution in [3.8, 4) is 0 Å². The van der Waals surface area contributed by atoms with Gasteiger partial charge in [-0.25, -0.2) is 9.69 Å². The van der Waals surface area contributed by atoms with Crippen molar-refractivity contribution in [3.05, 3.63) is 71.8 Å². The Morgan fingerprint density at radius 2 is 1.08 bits per heavy atom. The molecule has 50 heavy (non-hydrogen) atoms. The third-order valence-electron chi connectivity index (χ3n) is 7.74. The number of carbonyl (C=O) groups is 2. The van der Waals surface area contributed by atoms with Crippen molar-refractivity contribution >= 4 is 12.0 Å². The average molecular weight is 757 g/mol. The maximum absolute atomic E-state index is 15.4. The molecule has 22 heteroatoms. The van der Waals surface area contributed by atoms with E-state index in [2.05, 4.69) is 4.74 Å². The first kappa shape index (κ1) is 40.6. The number of ether oxygens (including phenoxy) is 1. The van der Waals surface area contributed by atoms with Crippen molar-refractivity contribution in [2.75, 3.05) is 0 Å². The van der Waals surface area contributed by atoms with Crippen molar-refractivity contribution in [1.29, 1.82) is 0 Å². The monoisotopic (exact) mass is 757 g/mol. The van der Waals surface area contributed by atoms with E-state index in [1.54, 1.807) is 0 Å². The van der Waals surface area contributed by atoms with E-state index in [9.17, 15) is 80.6 Å². The first-order chi connectivity index (χ1) is 22.4. The molecule has 1 saturated heterocycles. The molecular weight excluding hydrogens is 737 g/mol. The summed E-state index contributed by atoms with van der Waals surface area (Å²) in [5.41, 5.74) is -0.365. The van der Waals surface area contributed by atoms with Gasteiger partial charge in [-0.15, -0.1) is 0 Å². The van der Waals surface area contributed by atoms with Crippen molar-refractivity contribution in [2.24, 2.45) is 5.92 Å². The van der Waals surface area contributed by atoms with Gasteiger partial charge in [-0.05, 0) is 17.5 Å². The van der Waals surface area contributed by atoms with Crippen molar-refractivity contribution in [1.82, 2.24) is 4.90 Å². The lowest BCUT2D eigenvalue weighted by molar-refractivity contribution is -0.463. The fraction of sp³-hybridized carbons (Fsp3) is 0.500. The summed E-state index contributed by atoms with van der Waals surface area (Å²) in [4.78, 5) is 25.6. The molecule has 280 valence electrons. The van der Waals surface area contributed by atoms with Crippen LogP contribution in [0, 0.1) is 5.92 Å². The fourth-order valence-electron chi connectivity index (χ4n) is 4.79. The molecule has 0 unspecified atom stereocenters. The molecule has 4 atom stereocenters. The molecule has 0 radical (unpaired) electrons. The van der Waals surface area contributed by atoms with Crippen molar-refractivity contribution in [3.63, 3.8) is 0 Å². The average Bonchev–Trinajstić information content (AvgIpc) is 3.35. The highest BCUT2D eigenvalue weighted by Crippen LogP contribution is 2.64. The maximum Gasteiger partial charge on any atom is 0.460 e. The highest BCUT2D eigenvalue weighted by molar-refractivity contribution is 5.95. The van der Waals surface area contributed by atoms with Crippen LogP contribution >= 0.6 is 0 Å². The molecule has 2 aromatic rings. The summed E-state index contributed by atoms with van der Waals surface area (Å²) in [5, 5.41) is 10.6. The molecule has 0 bridgehead atoms. The van der Waals surface area contributed by atoms with Crippen LogP contribution in [-0.4, -0.2) is 81.8 Å². The van der Waals surface area contributed by atoms with E-state index in [0.29, 0.717) is 0 Å². The highest BCUT2D eigenvalue weighted by Gasteiger charge is 2.96. The van der Waals surface area contributed by atoms with Gasteiger partial charge in [0.2, 0.25) is 5.91 Å². The normalized spacial score (nSPS) is 20.1. The van der Waals surface area contributed by atoms with Crippen LogP contribution < -0.4 is 0 Å². The Labute approximate surface area is 268 Å². The van der Waals surface area contributed by atoms with Gasteiger partial charge < -0.3 is 9.84 Å². The Bertz CT molecular complexity index is 1530. The van der Waals surface area contributed by atoms with Gasteiger partial charge in [-0.2, -0.15) is 74.6 Å². The Morgan fingerprint density at radius 3 is 1.52 bits per heavy atom. The fourth-order valence-corrected chi connectivity index (χ4v) is 4.79. The number of carbonyl (C=O) groups excluding carboxylic acids is 2. The summed E-state index contributed by atoms with van der Waals surface area (Å²) in [6.07, 6.45) is -17.7. The molecule has 0 saturated carbocycles. The van der Waals surface area contributed by atoms with Gasteiger partial charge >= 0.3 is 53.7 Å². The lowest BCUT2D eigenvalue weighted by Gasteiger charge is -2.43. The number of cyclic esters (lactones) is 1. The number of aliphatic hydroxyl groups is 1. The van der Waals surface area contributed by atoms with Crippen LogP contribution in [0.1, 0.15) is 24.2 Å². The summed E-state index contributed by atoms with van der Waals surface area (Å²) in [6, 6.07) is 9.07. The van der Waals surface area contributed by atoms with E-state index in [0.717, 1.165) is 31.2 Å². The molecule has 2 aromatic carbocycles. The smallest absolute Gasteiger partial charge is 0.437 e. The van der Waals surface area contributed by atoms with Crippen LogP contribution in [0.15, 0.2) is 60.7 Å². The number of imide groups is 1. The van der Waals surface area contributed by atoms with E-state index in [1.807, 2.05) is 0 Å². The van der Waals surface area contributed by atoms with Crippen LogP contribution in [0.25, 0.3) is 0 Å². The zero-order valence-electron chi connectivity index (χ0n) is 24.3. The second-order valence-corrected chi connectivity index (χ2v) is 11.0. The SMILES string of the molecule is C[C@H](C(=O)N1C(=O)O[C@H](C(F)(F)C(F)(F)C(F)(F)C(F)(F)C(F)(F)C(F)(F)C(F)(F)C(F)(F)F)[C@@H]1Cc1ccccc1)[C@H](O)c1ccccc1. The van der Waals surface area contributed by atoms with E-state index in [4.69, 9.17) is 0 Å². The number of halogens is 17. The molecule has 5 nitrogen and oxygen atoms in total. The molecule has 0 aliphatic carbocycles. The Kier molecular flexibility index (Phi) is 10.3. The lowest BCUT2D eigenvalue weighted by atomic mass is 9.85. The Morgan fingerprint density at radius 1 is 0.680 bits per heavy atom. The first-order valence-corrected chi connectivity index (χ1v) is 13.5. The minimum atomic E-state index is -8.84. The summed E-state index contributed by atoms with van der Waals surface area (Å²) in [7, 11) is 0. The van der Waals surface area contributed by atoms with Gasteiger partial charge in [0.05, 0.1) is 18.1 Å². The Balaban J connectivity index is 2.14. The highest BCUT2D eigenvalue weighted by atomic mass is 19.4. The van der Waals surface area contributed by atoms with Crippen LogP contribution in [0.4, 0.5) is 79.4 Å². The largest absolute Gasteiger partial charge is 0.460 e. The number of rotatable bonds is 12. The summed E-state index contributed by atoms with van der Waals surface area (Å²) in [6.45, 7) is 0.848. The number of aliphatic hydroxyl groups excluding tert-OH is 1. The third kappa shape index (κ3) is 5.99. The topological polar surface area (TPSA) is 66.8 Å². The molecule has 1 fully saturated rings. The van der Waals surface area contributed by atoms with Gasteiger partial charge in [-0.1, -0.05) is 67.6 Å². The summed E-state index contributed by atoms with van der Waals surface area (Å²) in [5.74, 6) is -62.3. The van der Waals surface area contributed by atoms with Crippen LogP contribution in [-0.2, 0) is 16.0 Å². The molecule has 2 amide bonds. The molecule has 1 aliphatic rings. The molecule has 3 rings (SSSR count). The number of nitrogens with zero attached hydrogens (tertiary/aromatic N) is 1. The van der Waals surface area contributed by atoms with E-state index < -0.39 is 95.1 Å². The van der Waals surface area contributed by atoms with Gasteiger partial charge in [0, 0.05) is 0 Å². The Hall–Kier alpha value is -3.85. The molecule has 1 aliphatic heterocycles. The number of hydrogen-bond acceptors (Lipinski definition) is 4. The van der Waals surface area contributed by atoms with Crippen molar-refractivity contribution < 1.29 is 94.1 Å². The third-order valence-corrected chi connectivity index (χ3v) is 7.74. The summed E-state index contributed by atoms with van der Waals surface area (Å²) >= 11 is 0. The molecule has 1 N–H and O–H groups in total. The molecule has 0 aromatic heterocycles. The van der Waals surface area contributed by atoms with Gasteiger partial charge in [0.15, 0.2) is 6.10 Å². The number of alkyl halides is 17. The van der Waals surface area contributed by atoms with Crippen LogP contribution in [0.2, 0.25) is 0 Å². The lowest BCUT2D eigenvalue weighted by Crippen LogP contribution is -2.75. The maximum atomic E-state index is 15.4. The predicted octanol–water partition coefficient (Wildman–Crippen LogP) is 8.32. The van der Waals surface area contributed by atoms with Crippen LogP contribution in [0.3, 0.4) is 0 Å².